The molecule has 2 aromatic carbocycles. The molecular formula is C23H16N2O4. The number of Topliss-reactive ketones (excluding diaryl/α,β-unsaturated/α-hetero) is 1. The van der Waals surface area contributed by atoms with E-state index in [1.807, 2.05) is 29.9 Å². The predicted molar refractivity (Wildman–Crippen MR) is 109 cm³/mol. The molecule has 0 unspecified atom stereocenters. The Morgan fingerprint density at radius 3 is 2.72 bits per heavy atom. The number of nitrogens with zero attached hydrogens (tertiary/aromatic N) is 2. The second kappa shape index (κ2) is 6.24. The first kappa shape index (κ1) is 17.1. The van der Waals surface area contributed by atoms with E-state index < -0.39 is 0 Å². The highest BCUT2D eigenvalue weighted by atomic mass is 16.5. The Kier molecular flexibility index (Phi) is 3.67. The Morgan fingerprint density at radius 1 is 1.10 bits per heavy atom. The minimum absolute atomic E-state index is 0.101. The summed E-state index contributed by atoms with van der Waals surface area (Å²) < 4.78 is 7.58. The molecule has 0 saturated carbocycles. The lowest BCUT2D eigenvalue weighted by molar-refractivity contribution is 0.101. The van der Waals surface area contributed by atoms with Gasteiger partial charge in [-0.1, -0.05) is 18.2 Å². The van der Waals surface area contributed by atoms with Gasteiger partial charge in [0.2, 0.25) is 5.78 Å². The van der Waals surface area contributed by atoms with Gasteiger partial charge < -0.3 is 19.5 Å². The van der Waals surface area contributed by atoms with E-state index in [9.17, 15) is 15.0 Å². The maximum atomic E-state index is 12.8. The Morgan fingerprint density at radius 2 is 1.93 bits per heavy atom. The normalized spacial score (nSPS) is 14.4. The van der Waals surface area contributed by atoms with Crippen molar-refractivity contribution in [1.82, 2.24) is 9.55 Å². The van der Waals surface area contributed by atoms with Crippen LogP contribution in [0.2, 0.25) is 0 Å². The van der Waals surface area contributed by atoms with Crippen molar-refractivity contribution in [2.45, 2.75) is 0 Å². The predicted octanol–water partition coefficient (Wildman–Crippen LogP) is 4.27. The average molecular weight is 384 g/mol. The van der Waals surface area contributed by atoms with Crippen LogP contribution in [0.25, 0.3) is 28.2 Å². The van der Waals surface area contributed by atoms with Crippen molar-refractivity contribution in [3.63, 3.8) is 0 Å². The molecule has 0 fully saturated rings. The van der Waals surface area contributed by atoms with E-state index in [0.29, 0.717) is 5.75 Å². The smallest absolute Gasteiger partial charge is 0.235 e. The molecule has 0 amide bonds. The molecule has 3 heterocycles. The third-order valence-corrected chi connectivity index (χ3v) is 5.01. The zero-order valence-corrected chi connectivity index (χ0v) is 15.5. The number of carbonyl (C=O) groups is 1. The minimum atomic E-state index is -0.363. The third-order valence-electron chi connectivity index (χ3n) is 5.01. The number of aryl methyl sites for hydroxylation is 1. The maximum Gasteiger partial charge on any atom is 0.235 e. The van der Waals surface area contributed by atoms with Crippen LogP contribution >= 0.6 is 0 Å². The fourth-order valence-corrected chi connectivity index (χ4v) is 3.72. The summed E-state index contributed by atoms with van der Waals surface area (Å²) in [5.74, 6) is 0.185. The zero-order valence-electron chi connectivity index (χ0n) is 15.5. The Labute approximate surface area is 165 Å². The highest BCUT2D eigenvalue weighted by Crippen LogP contribution is 2.39. The number of fused-ring (bicyclic) bond motifs is 2. The molecule has 1 aliphatic rings. The summed E-state index contributed by atoms with van der Waals surface area (Å²) in [5, 5.41) is 20.7. The Bertz CT molecular complexity index is 1330. The molecule has 0 aliphatic carbocycles. The van der Waals surface area contributed by atoms with Crippen molar-refractivity contribution in [3.8, 4) is 28.4 Å². The fraction of sp³-hybridized carbons (Fsp3) is 0.0435. The number of rotatable bonds is 2. The molecule has 0 spiro atoms. The zero-order chi connectivity index (χ0) is 20.1. The number of ether oxygens (including phenoxy) is 1. The van der Waals surface area contributed by atoms with E-state index >= 15 is 0 Å². The van der Waals surface area contributed by atoms with Gasteiger partial charge in [0.1, 0.15) is 28.5 Å². The first-order chi connectivity index (χ1) is 14.0. The number of aromatic nitrogens is 2. The number of ketones is 1. The highest BCUT2D eigenvalue weighted by Gasteiger charge is 2.30. The van der Waals surface area contributed by atoms with Crippen LogP contribution in [0.4, 0.5) is 0 Å². The van der Waals surface area contributed by atoms with E-state index in [1.165, 1.54) is 6.07 Å². The lowest BCUT2D eigenvalue weighted by Crippen LogP contribution is -1.98. The van der Waals surface area contributed by atoms with E-state index in [-0.39, 0.29) is 28.6 Å². The standard InChI is InChI=1S/C23H16N2O4/c1-25-12-14(11-19-22(28)21-17(27)6-3-7-18(21)29-19)20-16(8-9-24-23(20)25)13-4-2-5-15(26)10-13/h2-12,26-27H,1H3. The van der Waals surface area contributed by atoms with Gasteiger partial charge >= 0.3 is 0 Å². The number of allylic oxidation sites excluding steroid dienone is 1. The van der Waals surface area contributed by atoms with Crippen molar-refractivity contribution < 1.29 is 19.7 Å². The van der Waals surface area contributed by atoms with Gasteiger partial charge in [-0.2, -0.15) is 0 Å². The molecule has 6 heteroatoms. The number of hydrogen-bond acceptors (Lipinski definition) is 5. The van der Waals surface area contributed by atoms with Crippen LogP contribution < -0.4 is 4.74 Å². The number of benzene rings is 2. The van der Waals surface area contributed by atoms with Crippen LogP contribution in [-0.2, 0) is 7.05 Å². The number of aromatic hydroxyl groups is 2. The molecule has 2 N–H and O–H groups in total. The molecule has 6 nitrogen and oxygen atoms in total. The van der Waals surface area contributed by atoms with Crippen molar-refractivity contribution in [2.24, 2.45) is 7.05 Å². The van der Waals surface area contributed by atoms with E-state index in [2.05, 4.69) is 4.98 Å². The summed E-state index contributed by atoms with van der Waals surface area (Å²) in [6.07, 6.45) is 5.25. The molecule has 0 atom stereocenters. The van der Waals surface area contributed by atoms with Gasteiger partial charge in [-0.25, -0.2) is 4.98 Å². The van der Waals surface area contributed by atoms with Gasteiger partial charge in [0, 0.05) is 30.4 Å². The summed E-state index contributed by atoms with van der Waals surface area (Å²) >= 11 is 0. The summed E-state index contributed by atoms with van der Waals surface area (Å²) in [5.41, 5.74) is 3.38. The molecule has 4 aromatic rings. The molecule has 0 saturated heterocycles. The average Bonchev–Trinajstić information content (AvgIpc) is 3.20. The molecule has 1 aliphatic heterocycles. The fourth-order valence-electron chi connectivity index (χ4n) is 3.72. The topological polar surface area (TPSA) is 84.6 Å². The van der Waals surface area contributed by atoms with Crippen LogP contribution in [0.15, 0.2) is 66.7 Å². The SMILES string of the molecule is Cn1cc(C=C2Oc3cccc(O)c3C2=O)c2c(-c3cccc(O)c3)ccnc21. The molecule has 0 radical (unpaired) electrons. The number of phenols is 2. The van der Waals surface area contributed by atoms with E-state index in [4.69, 9.17) is 4.74 Å². The molecular weight excluding hydrogens is 368 g/mol. The van der Waals surface area contributed by atoms with Gasteiger partial charge in [0.25, 0.3) is 0 Å². The van der Waals surface area contributed by atoms with Gasteiger partial charge in [0.05, 0.1) is 0 Å². The first-order valence-corrected chi connectivity index (χ1v) is 9.02. The Balaban J connectivity index is 1.70. The number of phenolic OH excluding ortho intramolecular Hbond substituents is 2. The first-order valence-electron chi connectivity index (χ1n) is 9.02. The molecule has 29 heavy (non-hydrogen) atoms. The van der Waals surface area contributed by atoms with Crippen molar-refractivity contribution in [3.05, 3.63) is 77.8 Å². The van der Waals surface area contributed by atoms with Gasteiger partial charge in [-0.05, 0) is 47.5 Å². The van der Waals surface area contributed by atoms with Gasteiger partial charge in [0.15, 0.2) is 5.76 Å². The molecule has 0 bridgehead atoms. The monoisotopic (exact) mass is 384 g/mol. The van der Waals surface area contributed by atoms with E-state index in [1.54, 1.807) is 42.6 Å². The van der Waals surface area contributed by atoms with Crippen LogP contribution in [0.5, 0.6) is 17.2 Å². The number of pyridine rings is 1. The quantitative estimate of drug-likeness (QED) is 0.504. The summed E-state index contributed by atoms with van der Waals surface area (Å²) in [6, 6.07) is 13.6. The van der Waals surface area contributed by atoms with Gasteiger partial charge in [-0.15, -0.1) is 0 Å². The molecule has 2 aromatic heterocycles. The Hall–Kier alpha value is -4.06. The summed E-state index contributed by atoms with van der Waals surface area (Å²) in [4.78, 5) is 17.2. The van der Waals surface area contributed by atoms with Crippen LogP contribution in [0.1, 0.15) is 15.9 Å². The maximum absolute atomic E-state index is 12.8. The summed E-state index contributed by atoms with van der Waals surface area (Å²) in [6.45, 7) is 0. The molecule has 5 rings (SSSR count). The molecule has 142 valence electrons. The highest BCUT2D eigenvalue weighted by molar-refractivity contribution is 6.17. The van der Waals surface area contributed by atoms with Crippen LogP contribution in [0, 0.1) is 0 Å². The number of carbonyl (C=O) groups excluding carboxylic acids is 1. The lowest BCUT2D eigenvalue weighted by atomic mass is 10.0. The van der Waals surface area contributed by atoms with Crippen molar-refractivity contribution >= 4 is 22.9 Å². The van der Waals surface area contributed by atoms with E-state index in [0.717, 1.165) is 27.7 Å². The van der Waals surface area contributed by atoms with Crippen molar-refractivity contribution in [1.29, 1.82) is 0 Å². The minimum Gasteiger partial charge on any atom is -0.508 e. The largest absolute Gasteiger partial charge is 0.508 e. The second-order valence-corrected chi connectivity index (χ2v) is 6.89. The lowest BCUT2D eigenvalue weighted by Gasteiger charge is -2.06. The van der Waals surface area contributed by atoms with Crippen LogP contribution in [-0.4, -0.2) is 25.5 Å². The number of hydrogen-bond donors (Lipinski definition) is 2. The van der Waals surface area contributed by atoms with Gasteiger partial charge in [-0.3, -0.25) is 4.79 Å². The third kappa shape index (κ3) is 2.65. The second-order valence-electron chi connectivity index (χ2n) is 6.89. The van der Waals surface area contributed by atoms with Crippen molar-refractivity contribution in [2.75, 3.05) is 0 Å². The van der Waals surface area contributed by atoms with Crippen LogP contribution in [0.3, 0.4) is 0 Å². The summed E-state index contributed by atoms with van der Waals surface area (Å²) in [7, 11) is 1.88.